The Kier molecular flexibility index (Phi) is 15.2. The van der Waals surface area contributed by atoms with Crippen molar-refractivity contribution >= 4 is 51.4 Å². The molecule has 5 rings (SSSR count). The van der Waals surface area contributed by atoms with E-state index in [0.29, 0.717) is 25.8 Å². The molecule has 0 radical (unpaired) electrons. The van der Waals surface area contributed by atoms with Gasteiger partial charge in [0.25, 0.3) is 0 Å². The Morgan fingerprint density at radius 3 is 1.82 bits per heavy atom. The number of hydrogen-bond donors (Lipinski definition) is 3. The summed E-state index contributed by atoms with van der Waals surface area (Å²) in [6.45, 7) is 6.81. The first-order chi connectivity index (χ1) is 28.6. The molecule has 0 fully saturated rings. The summed E-state index contributed by atoms with van der Waals surface area (Å²) < 4.78 is 46.1. The van der Waals surface area contributed by atoms with E-state index >= 15 is 8.78 Å². The van der Waals surface area contributed by atoms with Crippen molar-refractivity contribution in [2.75, 3.05) is 39.1 Å². The van der Waals surface area contributed by atoms with Gasteiger partial charge in [-0.25, -0.2) is 14.0 Å². The maximum atomic E-state index is 15.3. The van der Waals surface area contributed by atoms with Gasteiger partial charge in [0.2, 0.25) is 5.82 Å². The van der Waals surface area contributed by atoms with Crippen LogP contribution in [0.2, 0.25) is 0 Å². The normalized spacial score (nSPS) is 12.3. The van der Waals surface area contributed by atoms with Crippen molar-refractivity contribution in [1.82, 2.24) is 16.0 Å². The fourth-order valence-corrected chi connectivity index (χ4v) is 13.1. The Morgan fingerprint density at radius 2 is 1.27 bits per heavy atom. The molecule has 3 amide bonds. The molecule has 13 heteroatoms. The number of benzene rings is 4. The third-order valence-corrected chi connectivity index (χ3v) is 17.3. The molecule has 0 bridgehead atoms. The van der Waals surface area contributed by atoms with Gasteiger partial charge in [0, 0.05) is 11.9 Å². The minimum Gasteiger partial charge on any atom is -0.487 e. The summed E-state index contributed by atoms with van der Waals surface area (Å²) in [5.41, 5.74) is -1.90. The summed E-state index contributed by atoms with van der Waals surface area (Å²) in [6.07, 6.45) is 2.54. The Bertz CT molecular complexity index is 2220. The average Bonchev–Trinajstić information content (AvgIpc) is 3.22. The summed E-state index contributed by atoms with van der Waals surface area (Å²) in [5.74, 6) is -3.45. The molecule has 5 aromatic rings. The summed E-state index contributed by atoms with van der Waals surface area (Å²) in [7, 11) is 0. The largest absolute Gasteiger partial charge is 0.487 e. The van der Waals surface area contributed by atoms with Gasteiger partial charge in [0.1, 0.15) is 5.60 Å². The van der Waals surface area contributed by atoms with Crippen molar-refractivity contribution in [3.8, 4) is 5.75 Å². The van der Waals surface area contributed by atoms with E-state index in [1.165, 1.54) is 22.8 Å². The fourth-order valence-electron chi connectivity index (χ4n) is 7.50. The number of amides is 3. The maximum absolute atomic E-state index is 15.3. The Morgan fingerprint density at radius 1 is 0.733 bits per heavy atom. The van der Waals surface area contributed by atoms with Crippen LogP contribution in [0.5, 0.6) is 5.75 Å². The summed E-state index contributed by atoms with van der Waals surface area (Å²) >= 11 is 0. The van der Waals surface area contributed by atoms with Gasteiger partial charge in [-0.3, -0.25) is 0 Å². The minimum absolute atomic E-state index is 0.00347. The number of unbranched alkanes of at least 4 members (excludes halogenated alkanes) is 1. The van der Waals surface area contributed by atoms with Crippen LogP contribution < -0.4 is 42.2 Å². The number of carbonyl (C=O) groups excluding carboxylic acids is 3. The van der Waals surface area contributed by atoms with Gasteiger partial charge in [-0.1, -0.05) is 0 Å². The van der Waals surface area contributed by atoms with E-state index in [1.54, 1.807) is 20.8 Å². The zero-order chi connectivity index (χ0) is 43.4. The topological polar surface area (TPSA) is 136 Å². The summed E-state index contributed by atoms with van der Waals surface area (Å²) in [6, 6.07) is 33.1. The van der Waals surface area contributed by atoms with E-state index in [9.17, 15) is 19.2 Å². The van der Waals surface area contributed by atoms with Crippen molar-refractivity contribution in [2.45, 2.75) is 71.8 Å². The van der Waals surface area contributed by atoms with Gasteiger partial charge in [-0.2, -0.15) is 4.39 Å². The summed E-state index contributed by atoms with van der Waals surface area (Å²) in [5, 5.41) is 12.2. The third-order valence-electron chi connectivity index (χ3n) is 10.7. The minimum atomic E-state index is -2.88. The number of hydrogen-bond acceptors (Lipinski definition) is 7. The number of halogens is 2. The molecule has 320 valence electrons. The zero-order valence-electron chi connectivity index (χ0n) is 35.1. The van der Waals surface area contributed by atoms with Gasteiger partial charge in [0.05, 0.1) is 12.2 Å². The molecule has 0 spiro atoms. The number of rotatable bonds is 19. The van der Waals surface area contributed by atoms with Crippen LogP contribution >= 0.6 is 6.60 Å². The quantitative estimate of drug-likeness (QED) is 0.0456. The van der Waals surface area contributed by atoms with E-state index in [4.69, 9.17) is 13.9 Å². The standard InChI is InChI=1S/C47H56F2N3O7P/c1-33-37-31-39(48)44(57-29-18-28-52-46(56)59-47(2,3)4)42(49)43(37)58-45(55)38(33)32-41(54)51-27-17-26-50-40(53)25-15-16-30-60(5,34-19-9-6-10-20-34,35-21-11-7-12-22-35)36-23-13-8-14-24-36/h6-14,19-24,31H,15-18,25-30,32H2,1-5H3,(H,50,53)(H,51,54)(H,52,56). The van der Waals surface area contributed by atoms with Gasteiger partial charge in [-0.15, -0.1) is 0 Å². The van der Waals surface area contributed by atoms with Crippen molar-refractivity contribution < 1.29 is 37.1 Å². The molecule has 0 atom stereocenters. The van der Waals surface area contributed by atoms with Gasteiger partial charge >= 0.3 is 215 Å². The maximum Gasteiger partial charge on any atom is 0.407 e. The molecule has 10 nitrogen and oxygen atoms in total. The SMILES string of the molecule is Cc1c(CC(=O)NCCCNC(=O)CCCCP(C)(c2ccccc2)(c2ccccc2)c2ccccc2)c(=O)oc2c(F)c(OCCCNC(=O)OC(C)(C)C)c(F)cc12. The van der Waals surface area contributed by atoms with Crippen LogP contribution in [-0.2, 0) is 20.7 Å². The van der Waals surface area contributed by atoms with Crippen molar-refractivity contribution in [2.24, 2.45) is 0 Å². The number of alkyl carbamates (subject to hydrolysis) is 1. The summed E-state index contributed by atoms with van der Waals surface area (Å²) in [4.78, 5) is 50.4. The smallest absolute Gasteiger partial charge is 0.407 e. The van der Waals surface area contributed by atoms with Gasteiger partial charge in [0.15, 0.2) is 17.1 Å². The Balaban J connectivity index is 1.09. The van der Waals surface area contributed by atoms with Crippen LogP contribution in [-0.4, -0.2) is 62.6 Å². The Labute approximate surface area is 350 Å². The van der Waals surface area contributed by atoms with Crippen molar-refractivity contribution in [1.29, 1.82) is 0 Å². The van der Waals surface area contributed by atoms with E-state index < -0.39 is 52.8 Å². The zero-order valence-corrected chi connectivity index (χ0v) is 36.0. The second-order valence-electron chi connectivity index (χ2n) is 16.2. The molecule has 1 aromatic heterocycles. The number of carbonyl (C=O) groups is 3. The molecule has 0 aliphatic heterocycles. The first-order valence-electron chi connectivity index (χ1n) is 20.4. The average molecular weight is 844 g/mol. The number of ether oxygens (including phenoxy) is 2. The fraction of sp³-hybridized carbons (Fsp3) is 0.362. The molecule has 1 heterocycles. The van der Waals surface area contributed by atoms with E-state index in [0.717, 1.165) is 18.6 Å². The predicted octanol–water partition coefficient (Wildman–Crippen LogP) is 7.17. The Hall–Kier alpha value is -5.61. The molecular formula is C47H56F2N3O7P. The molecular weight excluding hydrogens is 788 g/mol. The monoisotopic (exact) mass is 843 g/mol. The number of fused-ring (bicyclic) bond motifs is 1. The van der Waals surface area contributed by atoms with Crippen LogP contribution in [0.15, 0.2) is 106 Å². The van der Waals surface area contributed by atoms with Crippen molar-refractivity contribution in [3.63, 3.8) is 0 Å². The van der Waals surface area contributed by atoms with Crippen molar-refractivity contribution in [3.05, 3.63) is 130 Å². The van der Waals surface area contributed by atoms with Gasteiger partial charge < -0.3 is 19.2 Å². The van der Waals surface area contributed by atoms with Crippen LogP contribution in [0.1, 0.15) is 64.0 Å². The van der Waals surface area contributed by atoms with Crippen LogP contribution in [0.25, 0.3) is 11.0 Å². The second-order valence-corrected chi connectivity index (χ2v) is 21.8. The molecule has 60 heavy (non-hydrogen) atoms. The molecule has 0 aliphatic carbocycles. The second kappa shape index (κ2) is 20.1. The molecule has 0 unspecified atom stereocenters. The molecule has 0 saturated heterocycles. The first kappa shape index (κ1) is 45.5. The van der Waals surface area contributed by atoms with Crippen LogP contribution in [0.3, 0.4) is 0 Å². The number of aryl methyl sites for hydroxylation is 1. The van der Waals surface area contributed by atoms with E-state index in [2.05, 4.69) is 95.4 Å². The molecule has 0 saturated carbocycles. The molecule has 3 N–H and O–H groups in total. The first-order valence-corrected chi connectivity index (χ1v) is 23.2. The predicted molar refractivity (Wildman–Crippen MR) is 236 cm³/mol. The molecule has 4 aromatic carbocycles. The van der Waals surface area contributed by atoms with E-state index in [-0.39, 0.29) is 55.0 Å². The number of nitrogens with one attached hydrogen (secondary N) is 3. The van der Waals surface area contributed by atoms with Gasteiger partial charge in [-0.05, 0) is 45.7 Å². The van der Waals surface area contributed by atoms with Crippen LogP contribution in [0, 0.1) is 18.6 Å². The van der Waals surface area contributed by atoms with E-state index in [1.807, 2.05) is 18.2 Å². The third kappa shape index (κ3) is 11.0. The molecule has 0 aliphatic rings. The van der Waals surface area contributed by atoms with Crippen LogP contribution in [0.4, 0.5) is 13.6 Å².